The summed E-state index contributed by atoms with van der Waals surface area (Å²) in [5.74, 6) is -1.61. The molecule has 0 bridgehead atoms. The molecule has 0 fully saturated rings. The van der Waals surface area contributed by atoms with Crippen LogP contribution in [0.25, 0.3) is 0 Å². The molecule has 5 unspecified atom stereocenters. The number of phosphoric acid groups is 2. The summed E-state index contributed by atoms with van der Waals surface area (Å²) in [5.41, 5.74) is 0. The second-order valence-corrected chi connectivity index (χ2v) is 30.4. The van der Waals surface area contributed by atoms with Gasteiger partial charge in [0.2, 0.25) is 0 Å². The number of esters is 3. The number of rotatable bonds is 78. The van der Waals surface area contributed by atoms with Gasteiger partial charge in [-0.2, -0.15) is 0 Å². The van der Waals surface area contributed by atoms with Crippen LogP contribution in [0.3, 0.4) is 0 Å². The maximum atomic E-state index is 13.0. The highest BCUT2D eigenvalue weighted by Crippen LogP contribution is 2.45. The highest BCUT2D eigenvalue weighted by Gasteiger charge is 2.29. The van der Waals surface area contributed by atoms with Crippen LogP contribution in [0.2, 0.25) is 0 Å². The van der Waals surface area contributed by atoms with Gasteiger partial charge >= 0.3 is 33.6 Å². The molecule has 0 aliphatic carbocycles. The fourth-order valence-corrected chi connectivity index (χ4v) is 12.4. The largest absolute Gasteiger partial charge is 0.472 e. The number of unbranched alkanes of at least 4 members (excludes halogenated alkanes) is 29. The van der Waals surface area contributed by atoms with E-state index in [1.807, 2.05) is 0 Å². The van der Waals surface area contributed by atoms with E-state index >= 15 is 0 Å². The number of aliphatic hydroxyl groups is 2. The van der Waals surface area contributed by atoms with Crippen LogP contribution in [0.15, 0.2) is 158 Å². The molecular formula is C89H150O16P2. The first-order valence-electron chi connectivity index (χ1n) is 41.8. The first-order valence-corrected chi connectivity index (χ1v) is 44.8. The third kappa shape index (κ3) is 82.0. The van der Waals surface area contributed by atoms with Gasteiger partial charge in [-0.1, -0.05) is 314 Å². The average molecular weight is 1540 g/mol. The van der Waals surface area contributed by atoms with Crippen LogP contribution < -0.4 is 0 Å². The zero-order chi connectivity index (χ0) is 78.0. The maximum absolute atomic E-state index is 13.0. The molecule has 0 saturated carbocycles. The molecule has 0 amide bonds. The normalized spacial score (nSPS) is 14.7. The summed E-state index contributed by atoms with van der Waals surface area (Å²) in [7, 11) is -9.81. The zero-order valence-corrected chi connectivity index (χ0v) is 68.8. The van der Waals surface area contributed by atoms with Crippen molar-refractivity contribution in [3.63, 3.8) is 0 Å². The van der Waals surface area contributed by atoms with E-state index in [4.69, 9.17) is 32.3 Å². The number of ether oxygens (including phenoxy) is 3. The van der Waals surface area contributed by atoms with Gasteiger partial charge in [0.25, 0.3) is 0 Å². The molecule has 0 aliphatic heterocycles. The minimum absolute atomic E-state index is 0.0817. The average Bonchev–Trinajstić information content (AvgIpc) is 0.906. The standard InChI is InChI=1S/C89H150O16P2/c1-4-7-10-13-16-19-22-25-28-31-34-36-37-38-39-40-41-42-43-44-45-47-50-51-54-57-60-63-66-69-72-75-87(92)99-78-84(90)79-101-106(95,96)102-80-85(91)81-103-107(97,98)104-83-86(105-89(94)77-74-71-68-65-62-59-56-53-48-33-30-27-24-21-18-15-12-9-6-3)82-100-88(93)76-73-70-67-64-61-58-55-52-49-46-35-32-29-26-23-20-17-14-11-8-5-2/h7,10,16-21,25-30,34-36,38-39,41-42,46,48,52-53,55,84-86,90-91H,4-6,8-9,11-15,22-24,31-33,37,40,43-45,47,49-51,54,56-83H2,1-3H3,(H,95,96)(H,97,98)/b10-7-,19-16-,20-17-,21-18-,28-25-,29-26-,30-27-,36-34-,39-38-,42-41-,46-35-,53-48-,55-52-. The van der Waals surface area contributed by atoms with Crippen molar-refractivity contribution < 1.29 is 75.8 Å². The van der Waals surface area contributed by atoms with Gasteiger partial charge in [-0.3, -0.25) is 32.5 Å². The van der Waals surface area contributed by atoms with Crippen LogP contribution in [0.4, 0.5) is 0 Å². The third-order valence-electron chi connectivity index (χ3n) is 17.2. The summed E-state index contributed by atoms with van der Waals surface area (Å²) in [4.78, 5) is 58.8. The molecular weight excluding hydrogens is 1390 g/mol. The Balaban J connectivity index is 4.59. The van der Waals surface area contributed by atoms with E-state index < -0.39 is 91.5 Å². The summed E-state index contributed by atoms with van der Waals surface area (Å²) in [6.07, 6.45) is 101. The van der Waals surface area contributed by atoms with Gasteiger partial charge in [-0.15, -0.1) is 0 Å². The number of hydrogen-bond donors (Lipinski definition) is 4. The SMILES string of the molecule is CC/C=C\C/C=C\C/C=C\C/C=C\C/C=C\C/C=C\CCCCCCCCCCCCCCC(=O)OCC(O)COP(=O)(O)OCC(O)COP(=O)(O)OCC(COC(=O)CCCCCCC/C=C\C/C=C\C/C=C\C/C=C\CCCCC)OC(=O)CCCCCCCC/C=C\C/C=C\C/C=C\CCCCC. The molecule has 0 rings (SSSR count). The van der Waals surface area contributed by atoms with Crippen molar-refractivity contribution >= 4 is 33.6 Å². The number of carbonyl (C=O) groups excluding carboxylic acids is 3. The minimum Gasteiger partial charge on any atom is -0.463 e. The summed E-state index contributed by atoms with van der Waals surface area (Å²) in [6, 6.07) is 0. The molecule has 107 heavy (non-hydrogen) atoms. The van der Waals surface area contributed by atoms with Crippen molar-refractivity contribution in [3.8, 4) is 0 Å². The second kappa shape index (κ2) is 80.7. The first kappa shape index (κ1) is 102. The Morgan fingerprint density at radius 2 is 0.495 bits per heavy atom. The first-order chi connectivity index (χ1) is 52.2. The lowest BCUT2D eigenvalue weighted by atomic mass is 10.0. The van der Waals surface area contributed by atoms with Crippen molar-refractivity contribution in [1.29, 1.82) is 0 Å². The van der Waals surface area contributed by atoms with Crippen molar-refractivity contribution in [3.05, 3.63) is 158 Å². The molecule has 0 aliphatic rings. The highest BCUT2D eigenvalue weighted by atomic mass is 31.2. The van der Waals surface area contributed by atoms with E-state index in [0.717, 1.165) is 173 Å². The zero-order valence-electron chi connectivity index (χ0n) is 67.0. The van der Waals surface area contributed by atoms with E-state index in [-0.39, 0.29) is 19.3 Å². The van der Waals surface area contributed by atoms with Crippen LogP contribution >= 0.6 is 15.6 Å². The van der Waals surface area contributed by atoms with E-state index in [0.29, 0.717) is 19.3 Å². The Hall–Kier alpha value is -4.83. The fraction of sp³-hybridized carbons (Fsp3) is 0.674. The monoisotopic (exact) mass is 1540 g/mol. The summed E-state index contributed by atoms with van der Waals surface area (Å²) in [6.45, 7) is 2.49. The summed E-state index contributed by atoms with van der Waals surface area (Å²) >= 11 is 0. The van der Waals surface area contributed by atoms with Crippen molar-refractivity contribution in [2.75, 3.05) is 39.6 Å². The number of carbonyl (C=O) groups is 3. The van der Waals surface area contributed by atoms with Gasteiger partial charge in [-0.05, 0) is 154 Å². The molecule has 0 radical (unpaired) electrons. The Labute approximate surface area is 650 Å². The quantitative estimate of drug-likeness (QED) is 0.0146. The maximum Gasteiger partial charge on any atom is 0.472 e. The van der Waals surface area contributed by atoms with E-state index in [2.05, 4.69) is 179 Å². The molecule has 0 aromatic rings. The summed E-state index contributed by atoms with van der Waals surface area (Å²) < 4.78 is 61.3. The van der Waals surface area contributed by atoms with Gasteiger partial charge < -0.3 is 34.2 Å². The lowest BCUT2D eigenvalue weighted by Gasteiger charge is -2.21. The Morgan fingerprint density at radius 3 is 0.785 bits per heavy atom. The van der Waals surface area contributed by atoms with Crippen LogP contribution in [0.5, 0.6) is 0 Å². The fourth-order valence-electron chi connectivity index (χ4n) is 10.9. The molecule has 0 aromatic carbocycles. The molecule has 18 heteroatoms. The molecule has 16 nitrogen and oxygen atoms in total. The lowest BCUT2D eigenvalue weighted by Crippen LogP contribution is -2.30. The van der Waals surface area contributed by atoms with E-state index in [1.165, 1.54) is 96.3 Å². The predicted octanol–water partition coefficient (Wildman–Crippen LogP) is 25.0. The molecule has 0 heterocycles. The molecule has 0 saturated heterocycles. The Bertz CT molecular complexity index is 2580. The predicted molar refractivity (Wildman–Crippen MR) is 445 cm³/mol. The number of allylic oxidation sites excluding steroid dienone is 26. The molecule has 5 atom stereocenters. The number of aliphatic hydroxyl groups excluding tert-OH is 2. The Kier molecular flexibility index (Phi) is 77.0. The van der Waals surface area contributed by atoms with Gasteiger partial charge in [0.05, 0.1) is 26.4 Å². The molecule has 612 valence electrons. The number of phosphoric ester groups is 2. The Morgan fingerprint density at radius 1 is 0.271 bits per heavy atom. The minimum atomic E-state index is -4.95. The van der Waals surface area contributed by atoms with E-state index in [1.54, 1.807) is 0 Å². The van der Waals surface area contributed by atoms with Crippen LogP contribution in [0.1, 0.15) is 329 Å². The molecule has 0 spiro atoms. The molecule has 4 N–H and O–H groups in total. The van der Waals surface area contributed by atoms with Crippen LogP contribution in [-0.2, 0) is 55.8 Å². The van der Waals surface area contributed by atoms with Crippen molar-refractivity contribution in [1.82, 2.24) is 0 Å². The topological polar surface area (TPSA) is 231 Å². The molecule has 0 aromatic heterocycles. The van der Waals surface area contributed by atoms with Crippen LogP contribution in [-0.4, -0.2) is 95.9 Å². The van der Waals surface area contributed by atoms with Gasteiger partial charge in [0, 0.05) is 19.3 Å². The van der Waals surface area contributed by atoms with Gasteiger partial charge in [0.1, 0.15) is 25.4 Å². The second-order valence-electron chi connectivity index (χ2n) is 27.5. The van der Waals surface area contributed by atoms with Crippen LogP contribution in [0, 0.1) is 0 Å². The van der Waals surface area contributed by atoms with Gasteiger partial charge in [0.15, 0.2) is 6.10 Å². The highest BCUT2D eigenvalue weighted by molar-refractivity contribution is 7.47. The van der Waals surface area contributed by atoms with E-state index in [9.17, 15) is 43.5 Å². The van der Waals surface area contributed by atoms with Crippen molar-refractivity contribution in [2.45, 2.75) is 347 Å². The van der Waals surface area contributed by atoms with Gasteiger partial charge in [-0.25, -0.2) is 9.13 Å². The van der Waals surface area contributed by atoms with Crippen molar-refractivity contribution in [2.24, 2.45) is 0 Å². The lowest BCUT2D eigenvalue weighted by molar-refractivity contribution is -0.161. The third-order valence-corrected chi connectivity index (χ3v) is 19.1. The summed E-state index contributed by atoms with van der Waals surface area (Å²) in [5, 5.41) is 20.7. The number of hydrogen-bond acceptors (Lipinski definition) is 14. The smallest absolute Gasteiger partial charge is 0.463 e.